The van der Waals surface area contributed by atoms with E-state index in [0.717, 1.165) is 44.7 Å². The number of benzene rings is 2. The summed E-state index contributed by atoms with van der Waals surface area (Å²) in [5.74, 6) is 5.54. The number of hydrogen-bond acceptors (Lipinski definition) is 6. The van der Waals surface area contributed by atoms with Crippen molar-refractivity contribution in [2.75, 3.05) is 18.5 Å². The Morgan fingerprint density at radius 2 is 1.97 bits per heavy atom. The summed E-state index contributed by atoms with van der Waals surface area (Å²) in [5, 5.41) is 21.1. The van der Waals surface area contributed by atoms with Crippen LogP contribution in [0.5, 0.6) is 0 Å². The van der Waals surface area contributed by atoms with E-state index in [1.54, 1.807) is 0 Å². The molecule has 0 saturated heterocycles. The molecule has 2 aromatic heterocycles. The number of H-pyrrole nitrogens is 1. The van der Waals surface area contributed by atoms with Gasteiger partial charge < -0.3 is 16.2 Å². The number of thiazole rings is 1. The van der Waals surface area contributed by atoms with Crippen LogP contribution in [-0.4, -0.2) is 39.5 Å². The van der Waals surface area contributed by atoms with E-state index in [9.17, 15) is 13.2 Å². The van der Waals surface area contributed by atoms with Gasteiger partial charge in [-0.2, -0.15) is 18.3 Å². The van der Waals surface area contributed by atoms with Gasteiger partial charge in [-0.15, -0.1) is 0 Å². The van der Waals surface area contributed by atoms with Gasteiger partial charge in [0, 0.05) is 18.0 Å². The molecule has 0 aliphatic rings. The molecule has 0 fully saturated rings. The molecule has 2 heterocycles. The maximum Gasteiger partial charge on any atom is 0.416 e. The molecule has 0 radical (unpaired) electrons. The Morgan fingerprint density at radius 3 is 2.68 bits per heavy atom. The predicted molar refractivity (Wildman–Crippen MR) is 128 cm³/mol. The number of nitrogens with zero attached hydrogens (tertiary/aromatic N) is 2. The summed E-state index contributed by atoms with van der Waals surface area (Å²) in [4.78, 5) is 5.40. The number of fused-ring (bicyclic) bond motifs is 1. The predicted octanol–water partition coefficient (Wildman–Crippen LogP) is 4.34. The summed E-state index contributed by atoms with van der Waals surface area (Å²) < 4.78 is 38.2. The molecule has 1 atom stereocenters. The topological polar surface area (TPSA) is 99.9 Å². The van der Waals surface area contributed by atoms with E-state index in [4.69, 9.17) is 10.8 Å². The molecule has 4 aromatic rings. The third-order valence-electron chi connectivity index (χ3n) is 5.22. The first-order chi connectivity index (χ1) is 16.2. The van der Waals surface area contributed by atoms with E-state index in [0.29, 0.717) is 23.8 Å². The van der Waals surface area contributed by atoms with Crippen molar-refractivity contribution in [1.82, 2.24) is 15.2 Å². The van der Waals surface area contributed by atoms with E-state index < -0.39 is 11.7 Å². The van der Waals surface area contributed by atoms with Crippen LogP contribution in [0, 0.1) is 18.8 Å². The highest BCUT2D eigenvalue weighted by Gasteiger charge is 2.30. The molecular formula is C24H22F3N5OS. The summed E-state index contributed by atoms with van der Waals surface area (Å²) in [5.41, 5.74) is 9.53. The van der Waals surface area contributed by atoms with Crippen molar-refractivity contribution in [2.24, 2.45) is 5.73 Å². The van der Waals surface area contributed by atoms with Gasteiger partial charge in [0.15, 0.2) is 5.13 Å². The second-order valence-electron chi connectivity index (χ2n) is 7.77. The Hall–Kier alpha value is -3.39. The molecule has 5 N–H and O–H groups in total. The van der Waals surface area contributed by atoms with Gasteiger partial charge in [0.2, 0.25) is 0 Å². The minimum Gasteiger partial charge on any atom is -0.384 e. The number of aromatic nitrogens is 3. The Labute approximate surface area is 198 Å². The summed E-state index contributed by atoms with van der Waals surface area (Å²) >= 11 is 1.42. The molecule has 176 valence electrons. The Kier molecular flexibility index (Phi) is 6.88. The average molecular weight is 486 g/mol. The minimum absolute atomic E-state index is 0.280. The molecule has 0 aliphatic carbocycles. The van der Waals surface area contributed by atoms with Crippen molar-refractivity contribution >= 4 is 27.4 Å². The Morgan fingerprint density at radius 1 is 1.21 bits per heavy atom. The van der Waals surface area contributed by atoms with Crippen LogP contribution in [0.1, 0.15) is 22.5 Å². The molecule has 0 spiro atoms. The summed E-state index contributed by atoms with van der Waals surface area (Å²) in [7, 11) is 0. The van der Waals surface area contributed by atoms with Crippen LogP contribution < -0.4 is 11.1 Å². The molecule has 4 rings (SSSR count). The van der Waals surface area contributed by atoms with Gasteiger partial charge in [0.05, 0.1) is 21.7 Å². The first-order valence-electron chi connectivity index (χ1n) is 10.5. The van der Waals surface area contributed by atoms with Gasteiger partial charge in [-0.25, -0.2) is 4.98 Å². The third-order valence-corrected chi connectivity index (χ3v) is 6.29. The van der Waals surface area contributed by atoms with Crippen molar-refractivity contribution in [3.8, 4) is 22.3 Å². The van der Waals surface area contributed by atoms with Gasteiger partial charge in [-0.05, 0) is 54.7 Å². The number of hydrogen-bond donors (Lipinski definition) is 4. The van der Waals surface area contributed by atoms with Crippen molar-refractivity contribution in [2.45, 2.75) is 25.6 Å². The monoisotopic (exact) mass is 485 g/mol. The molecular weight excluding hydrogens is 463 g/mol. The number of rotatable bonds is 6. The fourth-order valence-electron chi connectivity index (χ4n) is 3.51. The lowest BCUT2D eigenvalue weighted by molar-refractivity contribution is -0.137. The van der Waals surface area contributed by atoms with Gasteiger partial charge >= 0.3 is 6.18 Å². The van der Waals surface area contributed by atoms with Gasteiger partial charge in [0.25, 0.3) is 0 Å². The Bertz CT molecular complexity index is 1350. The maximum absolute atomic E-state index is 12.7. The lowest BCUT2D eigenvalue weighted by Gasteiger charge is -2.13. The number of aromatic amines is 1. The number of nitrogens with one attached hydrogen (secondary N) is 2. The second kappa shape index (κ2) is 9.85. The first kappa shape index (κ1) is 23.8. The van der Waals surface area contributed by atoms with Crippen LogP contribution >= 0.6 is 11.3 Å². The van der Waals surface area contributed by atoms with Gasteiger partial charge in [0.1, 0.15) is 12.3 Å². The highest BCUT2D eigenvalue weighted by atomic mass is 32.1. The Balaban J connectivity index is 1.48. The number of anilines is 1. The van der Waals surface area contributed by atoms with Gasteiger partial charge in [-0.3, -0.25) is 5.10 Å². The van der Waals surface area contributed by atoms with Crippen molar-refractivity contribution in [1.29, 1.82) is 0 Å². The normalized spacial score (nSPS) is 12.4. The van der Waals surface area contributed by atoms with E-state index in [1.165, 1.54) is 23.5 Å². The summed E-state index contributed by atoms with van der Waals surface area (Å²) in [6.45, 7) is 2.02. The standard InChI is InChI=1S/C24H22F3N5OS/c1-14-19-12-16(6-9-20(19)32-31-14)22-21(3-2-10-33)30-23(34-22)29-13-18(28)11-15-4-7-17(8-5-15)24(25,26)27/h4-9,12,18,33H,10-11,13,28H2,1H3,(H,29,30)(H,31,32). The first-order valence-corrected chi connectivity index (χ1v) is 11.3. The zero-order chi connectivity index (χ0) is 24.3. The average Bonchev–Trinajstić information content (AvgIpc) is 3.39. The molecule has 0 bridgehead atoms. The highest BCUT2D eigenvalue weighted by molar-refractivity contribution is 7.19. The zero-order valence-electron chi connectivity index (χ0n) is 18.2. The van der Waals surface area contributed by atoms with Crippen LogP contribution in [0.2, 0.25) is 0 Å². The number of halogens is 3. The van der Waals surface area contributed by atoms with E-state index in [2.05, 4.69) is 32.3 Å². The van der Waals surface area contributed by atoms with Crippen LogP contribution in [-0.2, 0) is 12.6 Å². The lowest BCUT2D eigenvalue weighted by Crippen LogP contribution is -2.31. The van der Waals surface area contributed by atoms with Crippen molar-refractivity contribution in [3.05, 3.63) is 65.0 Å². The van der Waals surface area contributed by atoms with Crippen molar-refractivity contribution < 1.29 is 18.3 Å². The van der Waals surface area contributed by atoms with Crippen LogP contribution in [0.25, 0.3) is 21.3 Å². The zero-order valence-corrected chi connectivity index (χ0v) is 19.0. The summed E-state index contributed by atoms with van der Waals surface area (Å²) in [6.07, 6.45) is -3.95. The maximum atomic E-state index is 12.7. The fraction of sp³-hybridized carbons (Fsp3) is 0.250. The molecule has 1 unspecified atom stereocenters. The third kappa shape index (κ3) is 5.39. The number of nitrogens with two attached hydrogens (primary N) is 1. The number of aliphatic hydroxyl groups excluding tert-OH is 1. The second-order valence-corrected chi connectivity index (χ2v) is 8.76. The van der Waals surface area contributed by atoms with Crippen LogP contribution in [0.4, 0.5) is 18.3 Å². The number of alkyl halides is 3. The smallest absolute Gasteiger partial charge is 0.384 e. The van der Waals surface area contributed by atoms with Crippen molar-refractivity contribution in [3.63, 3.8) is 0 Å². The van der Waals surface area contributed by atoms with E-state index >= 15 is 0 Å². The SMILES string of the molecule is Cc1n[nH]c2ccc(-c3sc(NCC(N)Cc4ccc(C(F)(F)F)cc4)nc3C#CCO)cc12. The molecule has 0 saturated carbocycles. The van der Waals surface area contributed by atoms with E-state index in [-0.39, 0.29) is 12.6 Å². The fourth-order valence-corrected chi connectivity index (χ4v) is 4.43. The van der Waals surface area contributed by atoms with E-state index in [1.807, 2.05) is 25.1 Å². The summed E-state index contributed by atoms with van der Waals surface area (Å²) in [6, 6.07) is 10.6. The lowest BCUT2D eigenvalue weighted by atomic mass is 10.0. The number of aryl methyl sites for hydroxylation is 1. The molecule has 34 heavy (non-hydrogen) atoms. The minimum atomic E-state index is -4.36. The van der Waals surface area contributed by atoms with Gasteiger partial charge in [-0.1, -0.05) is 35.5 Å². The molecule has 0 aliphatic heterocycles. The molecule has 0 amide bonds. The molecule has 10 heteroatoms. The number of aliphatic hydroxyl groups is 1. The van der Waals surface area contributed by atoms with Crippen LogP contribution in [0.3, 0.4) is 0 Å². The quantitative estimate of drug-likeness (QED) is 0.305. The van der Waals surface area contributed by atoms with Crippen LogP contribution in [0.15, 0.2) is 42.5 Å². The molecule has 2 aromatic carbocycles. The largest absolute Gasteiger partial charge is 0.416 e. The highest BCUT2D eigenvalue weighted by Crippen LogP contribution is 2.35. The molecule has 6 nitrogen and oxygen atoms in total.